The molecule has 0 aliphatic rings. The Morgan fingerprint density at radius 2 is 0.917 bits per heavy atom. The quantitative estimate of drug-likeness (QED) is 0.0200. The van der Waals surface area contributed by atoms with Crippen LogP contribution in [0.1, 0.15) is 219 Å². The first kappa shape index (κ1) is 57.7. The first-order valence-electron chi connectivity index (χ1n) is 24.0. The highest BCUT2D eigenvalue weighted by molar-refractivity contribution is 7.47. The lowest BCUT2D eigenvalue weighted by Gasteiger charge is -2.18. The number of unbranched alkanes of at least 4 members (excludes halogenated alkanes) is 25. The molecule has 0 aliphatic carbocycles. The minimum atomic E-state index is -4.76. The van der Waals surface area contributed by atoms with E-state index in [0.29, 0.717) is 12.8 Å². The van der Waals surface area contributed by atoms with Crippen LogP contribution in [0.5, 0.6) is 0 Å². The number of carbonyl (C=O) groups excluding carboxylic acids is 2. The SMILES string of the molecule is CCCCC/C=C\C/C=C\CCCCCCCCCCCCCC(=O)NC(COP(=O)(O)OCC(O)COC(=O)CCCCCCC/C=C\CCCCCCCC)C(=O)O. The van der Waals surface area contributed by atoms with Crippen LogP contribution in [-0.4, -0.2) is 64.9 Å². The minimum absolute atomic E-state index is 0.143. The van der Waals surface area contributed by atoms with Crippen LogP contribution in [0.2, 0.25) is 0 Å². The monoisotopic (exact) mass is 870 g/mol. The second-order valence-corrected chi connectivity index (χ2v) is 17.7. The zero-order valence-electron chi connectivity index (χ0n) is 38.0. The highest BCUT2D eigenvalue weighted by atomic mass is 31.2. The van der Waals surface area contributed by atoms with Gasteiger partial charge < -0.3 is 25.2 Å². The third-order valence-electron chi connectivity index (χ3n) is 10.4. The number of aliphatic carboxylic acids is 1. The molecule has 0 aliphatic heterocycles. The fraction of sp³-hybridized carbons (Fsp3) is 0.812. The van der Waals surface area contributed by atoms with Gasteiger partial charge in [-0.15, -0.1) is 0 Å². The molecule has 0 bridgehead atoms. The van der Waals surface area contributed by atoms with Crippen molar-refractivity contribution in [2.45, 2.75) is 231 Å². The zero-order valence-corrected chi connectivity index (χ0v) is 38.9. The van der Waals surface area contributed by atoms with E-state index in [2.05, 4.69) is 55.6 Å². The molecule has 0 rings (SSSR count). The summed E-state index contributed by atoms with van der Waals surface area (Å²) in [6.45, 7) is 2.57. The van der Waals surface area contributed by atoms with Gasteiger partial charge in [0.05, 0.1) is 13.2 Å². The number of carboxylic acid groups (broad SMARTS) is 1. The van der Waals surface area contributed by atoms with Crippen LogP contribution in [0.25, 0.3) is 0 Å². The van der Waals surface area contributed by atoms with Gasteiger partial charge in [-0.05, 0) is 70.6 Å². The molecule has 1 amide bonds. The largest absolute Gasteiger partial charge is 0.480 e. The number of rotatable bonds is 45. The molecule has 12 heteroatoms. The van der Waals surface area contributed by atoms with E-state index in [1.54, 1.807) is 0 Å². The summed E-state index contributed by atoms with van der Waals surface area (Å²) >= 11 is 0. The van der Waals surface area contributed by atoms with Gasteiger partial charge in [0.15, 0.2) is 6.04 Å². The van der Waals surface area contributed by atoms with Gasteiger partial charge in [-0.2, -0.15) is 0 Å². The lowest BCUT2D eigenvalue weighted by atomic mass is 10.0. The van der Waals surface area contributed by atoms with Crippen molar-refractivity contribution in [3.05, 3.63) is 36.5 Å². The molecule has 0 saturated carbocycles. The number of aliphatic hydroxyl groups is 1. The van der Waals surface area contributed by atoms with Crippen LogP contribution in [0.4, 0.5) is 0 Å². The number of hydrogen-bond acceptors (Lipinski definition) is 8. The summed E-state index contributed by atoms with van der Waals surface area (Å²) in [5.74, 6) is -2.38. The zero-order chi connectivity index (χ0) is 44.2. The van der Waals surface area contributed by atoms with E-state index in [-0.39, 0.29) is 12.8 Å². The number of allylic oxidation sites excluding steroid dienone is 6. The molecule has 0 saturated heterocycles. The van der Waals surface area contributed by atoms with Gasteiger partial charge >= 0.3 is 19.8 Å². The normalized spacial score (nSPS) is 13.9. The molecule has 3 atom stereocenters. The second-order valence-electron chi connectivity index (χ2n) is 16.3. The molecule has 0 heterocycles. The molecule has 11 nitrogen and oxygen atoms in total. The molecular weight excluding hydrogens is 781 g/mol. The standard InChI is InChI=1S/C48H88NO10P/c1-3-5-7-9-11-13-15-17-19-20-21-22-23-24-26-27-29-31-33-35-37-39-46(51)49-45(48(53)54)43-59-60(55,56)58-42-44(50)41-57-47(52)40-38-36-34-32-30-28-25-18-16-14-12-10-8-6-4-2/h11,13,17-19,25,44-45,50H,3-10,12,14-16,20-24,26-43H2,1-2H3,(H,49,51)(H,53,54)(H,55,56)/b13-11-,19-17-,25-18-. The number of carbonyl (C=O) groups is 3. The van der Waals surface area contributed by atoms with Crippen molar-refractivity contribution in [1.29, 1.82) is 0 Å². The smallest absolute Gasteiger partial charge is 0.472 e. The summed E-state index contributed by atoms with van der Waals surface area (Å²) in [6.07, 6.45) is 47.3. The van der Waals surface area contributed by atoms with Crippen molar-refractivity contribution in [3.63, 3.8) is 0 Å². The highest BCUT2D eigenvalue weighted by Crippen LogP contribution is 2.43. The Morgan fingerprint density at radius 3 is 1.40 bits per heavy atom. The van der Waals surface area contributed by atoms with E-state index < -0.39 is 57.6 Å². The maximum Gasteiger partial charge on any atom is 0.472 e. The number of nitrogens with one attached hydrogen (secondary N) is 1. The van der Waals surface area contributed by atoms with Gasteiger partial charge in [-0.25, -0.2) is 9.36 Å². The highest BCUT2D eigenvalue weighted by Gasteiger charge is 2.28. The van der Waals surface area contributed by atoms with Gasteiger partial charge in [-0.1, -0.05) is 172 Å². The Morgan fingerprint density at radius 1 is 0.533 bits per heavy atom. The van der Waals surface area contributed by atoms with Crippen molar-refractivity contribution >= 4 is 25.7 Å². The molecule has 4 N–H and O–H groups in total. The van der Waals surface area contributed by atoms with Crippen LogP contribution < -0.4 is 5.32 Å². The number of esters is 1. The predicted octanol–water partition coefficient (Wildman–Crippen LogP) is 12.8. The summed E-state index contributed by atoms with van der Waals surface area (Å²) in [5.41, 5.74) is 0. The first-order chi connectivity index (χ1) is 29.1. The Bertz CT molecular complexity index is 1160. The van der Waals surface area contributed by atoms with Crippen LogP contribution in [0, 0.1) is 0 Å². The fourth-order valence-electron chi connectivity index (χ4n) is 6.63. The van der Waals surface area contributed by atoms with Gasteiger partial charge in [-0.3, -0.25) is 18.6 Å². The van der Waals surface area contributed by atoms with Gasteiger partial charge in [0.25, 0.3) is 0 Å². The Balaban J connectivity index is 3.86. The fourth-order valence-corrected chi connectivity index (χ4v) is 7.41. The average molecular weight is 870 g/mol. The van der Waals surface area contributed by atoms with Crippen LogP contribution >= 0.6 is 7.82 Å². The molecule has 3 unspecified atom stereocenters. The molecule has 0 aromatic carbocycles. The number of hydrogen-bond donors (Lipinski definition) is 4. The molecular formula is C48H88NO10P. The van der Waals surface area contributed by atoms with Gasteiger partial charge in [0.1, 0.15) is 12.7 Å². The first-order valence-corrected chi connectivity index (χ1v) is 25.5. The van der Waals surface area contributed by atoms with Crippen molar-refractivity contribution < 1.29 is 47.8 Å². The van der Waals surface area contributed by atoms with Crippen molar-refractivity contribution in [2.24, 2.45) is 0 Å². The van der Waals surface area contributed by atoms with E-state index in [1.165, 1.54) is 116 Å². The van der Waals surface area contributed by atoms with Crippen LogP contribution in [0.3, 0.4) is 0 Å². The molecule has 60 heavy (non-hydrogen) atoms. The molecule has 350 valence electrons. The summed E-state index contributed by atoms with van der Waals surface area (Å²) in [6, 6.07) is -1.55. The van der Waals surface area contributed by atoms with Crippen LogP contribution in [0.15, 0.2) is 36.5 Å². The maximum atomic E-state index is 12.4. The molecule has 0 aromatic heterocycles. The summed E-state index contributed by atoms with van der Waals surface area (Å²) < 4.78 is 26.9. The van der Waals surface area contributed by atoms with Crippen molar-refractivity contribution in [1.82, 2.24) is 5.32 Å². The number of amides is 1. The summed E-state index contributed by atoms with van der Waals surface area (Å²) in [4.78, 5) is 46.0. The lowest BCUT2D eigenvalue weighted by Crippen LogP contribution is -2.43. The summed E-state index contributed by atoms with van der Waals surface area (Å²) in [7, 11) is -4.76. The van der Waals surface area contributed by atoms with Gasteiger partial charge in [0.2, 0.25) is 5.91 Å². The Hall–Kier alpha value is -2.30. The Kier molecular flexibility index (Phi) is 41.7. The summed E-state index contributed by atoms with van der Waals surface area (Å²) in [5, 5.41) is 21.9. The lowest BCUT2D eigenvalue weighted by molar-refractivity contribution is -0.147. The molecule has 0 fully saturated rings. The second kappa shape index (κ2) is 43.4. The van der Waals surface area contributed by atoms with E-state index in [4.69, 9.17) is 13.8 Å². The minimum Gasteiger partial charge on any atom is -0.480 e. The van der Waals surface area contributed by atoms with E-state index in [0.717, 1.165) is 64.2 Å². The van der Waals surface area contributed by atoms with E-state index in [9.17, 15) is 34.1 Å². The maximum absolute atomic E-state index is 12.4. The Labute approximate surface area is 365 Å². The average Bonchev–Trinajstić information content (AvgIpc) is 3.22. The van der Waals surface area contributed by atoms with Gasteiger partial charge in [0, 0.05) is 12.8 Å². The topological polar surface area (TPSA) is 169 Å². The van der Waals surface area contributed by atoms with E-state index in [1.807, 2.05) is 0 Å². The van der Waals surface area contributed by atoms with Crippen LogP contribution in [-0.2, 0) is 32.7 Å². The third kappa shape index (κ3) is 42.4. The van der Waals surface area contributed by atoms with Crippen molar-refractivity contribution in [3.8, 4) is 0 Å². The van der Waals surface area contributed by atoms with Crippen molar-refractivity contribution in [2.75, 3.05) is 19.8 Å². The number of phosphoric ester groups is 1. The number of phosphoric acid groups is 1. The number of aliphatic hydroxyl groups excluding tert-OH is 1. The van der Waals surface area contributed by atoms with E-state index >= 15 is 0 Å². The number of carboxylic acids is 1. The molecule has 0 radical (unpaired) electrons. The third-order valence-corrected chi connectivity index (χ3v) is 11.4. The number of ether oxygens (including phenoxy) is 1. The molecule has 0 aromatic rings. The predicted molar refractivity (Wildman–Crippen MR) is 245 cm³/mol. The molecule has 0 spiro atoms.